The average Bonchev–Trinajstić information content (AvgIpc) is 3.20. The maximum Gasteiger partial charge on any atom is 0.328 e. The zero-order valence-corrected chi connectivity index (χ0v) is 22.2. The third-order valence-corrected chi connectivity index (χ3v) is 6.77. The van der Waals surface area contributed by atoms with Crippen molar-refractivity contribution < 1.29 is 47.8 Å². The molecule has 2 aliphatic rings. The highest BCUT2D eigenvalue weighted by atomic mass is 19.1. The van der Waals surface area contributed by atoms with Crippen molar-refractivity contribution >= 4 is 29.6 Å². The lowest BCUT2D eigenvalue weighted by atomic mass is 9.83. The number of aliphatic carboxylic acids is 3. The molecule has 2 aromatic rings. The first kappa shape index (κ1) is 30.4. The Kier molecular flexibility index (Phi) is 9.36. The number of alkyl halides is 1. The molecule has 7 nitrogen and oxygen atoms in total. The molecule has 4 rings (SSSR count). The summed E-state index contributed by atoms with van der Waals surface area (Å²) in [5.74, 6) is -5.49. The molecule has 0 fully saturated rings. The van der Waals surface area contributed by atoms with Crippen molar-refractivity contribution in [1.29, 1.82) is 0 Å². The second-order valence-electron chi connectivity index (χ2n) is 10.4. The molecule has 10 heteroatoms. The highest BCUT2D eigenvalue weighted by molar-refractivity contribution is 5.88. The lowest BCUT2D eigenvalue weighted by molar-refractivity contribution is -0.954. The van der Waals surface area contributed by atoms with Crippen molar-refractivity contribution in [2.24, 2.45) is 0 Å². The van der Waals surface area contributed by atoms with Gasteiger partial charge in [0, 0.05) is 30.6 Å². The second-order valence-corrected chi connectivity index (χ2v) is 10.4. The molecule has 0 radical (unpaired) electrons. The molecule has 1 heterocycles. The van der Waals surface area contributed by atoms with E-state index < -0.39 is 41.3 Å². The molecule has 3 N–H and O–H groups in total. The maximum absolute atomic E-state index is 15.4. The molecule has 1 aliphatic heterocycles. The summed E-state index contributed by atoms with van der Waals surface area (Å²) >= 11 is 0. The number of hydrogen-bond donors (Lipinski definition) is 3. The molecule has 1 aliphatic carbocycles. The van der Waals surface area contributed by atoms with Crippen LogP contribution in [0.15, 0.2) is 60.2 Å². The molecule has 0 bridgehead atoms. The van der Waals surface area contributed by atoms with Crippen LogP contribution in [0.25, 0.3) is 11.6 Å². The van der Waals surface area contributed by atoms with Crippen LogP contribution in [0.5, 0.6) is 0 Å². The van der Waals surface area contributed by atoms with E-state index in [1.165, 1.54) is 13.8 Å². The molecule has 0 saturated heterocycles. The standard InChI is InChI=1S/C26H26F3NO2.C4H4O4/c1-15-10-19-18-7-5-4-6-17(18)13-20(19)25(30(15)14-26(2,3)29)24-21(27)11-16(12-22(24)28)8-9-23(31)32;5-3(6)1-2-4(7)8/h4-9,11-12,15,25H,10,13-14H2,1-3H3,(H,31,32);1-2H,(H,5,6)(H,7,8)/b9-8+;2-1-/t15-,25+;/m1./s1. The number of carboxylic acid groups (broad SMARTS) is 3. The molecule has 2 aromatic carbocycles. The summed E-state index contributed by atoms with van der Waals surface area (Å²) in [4.78, 5) is 30.6. The summed E-state index contributed by atoms with van der Waals surface area (Å²) in [5.41, 5.74) is 2.82. The number of halogens is 3. The van der Waals surface area contributed by atoms with Gasteiger partial charge < -0.3 is 25.0 Å². The summed E-state index contributed by atoms with van der Waals surface area (Å²) in [6.45, 7) is 5.09. The Morgan fingerprint density at radius 1 is 1.05 bits per heavy atom. The van der Waals surface area contributed by atoms with Crippen molar-refractivity contribution in [3.05, 3.63) is 94.1 Å². The molecule has 212 valence electrons. The van der Waals surface area contributed by atoms with Crippen LogP contribution in [0, 0.1) is 11.6 Å². The fraction of sp³-hybridized carbons (Fsp3) is 0.300. The molecule has 1 unspecified atom stereocenters. The number of carbonyl (C=O) groups is 3. The van der Waals surface area contributed by atoms with Gasteiger partial charge in [0.05, 0.1) is 17.6 Å². The van der Waals surface area contributed by atoms with Crippen molar-refractivity contribution in [3.63, 3.8) is 0 Å². The third kappa shape index (κ3) is 7.47. The van der Waals surface area contributed by atoms with Crippen LogP contribution in [-0.4, -0.2) is 46.4 Å². The van der Waals surface area contributed by atoms with Gasteiger partial charge in [0.1, 0.15) is 24.2 Å². The van der Waals surface area contributed by atoms with Crippen molar-refractivity contribution in [2.45, 2.75) is 51.4 Å². The van der Waals surface area contributed by atoms with Gasteiger partial charge in [-0.15, -0.1) is 0 Å². The van der Waals surface area contributed by atoms with Crippen molar-refractivity contribution in [2.75, 3.05) is 6.54 Å². The van der Waals surface area contributed by atoms with Gasteiger partial charge in [-0.05, 0) is 67.3 Å². The Morgan fingerprint density at radius 2 is 1.65 bits per heavy atom. The van der Waals surface area contributed by atoms with Gasteiger partial charge in [-0.25, -0.2) is 22.8 Å². The molecule has 0 aromatic heterocycles. The number of hydrogen-bond acceptors (Lipinski definition) is 4. The quantitative estimate of drug-likeness (QED) is 0.451. The Bertz CT molecular complexity index is 1370. The van der Waals surface area contributed by atoms with E-state index in [4.69, 9.17) is 10.2 Å². The summed E-state index contributed by atoms with van der Waals surface area (Å²) in [5, 5.41) is 26.0. The first-order valence-electron chi connectivity index (χ1n) is 12.5. The monoisotopic (exact) mass is 557 g/mol. The van der Waals surface area contributed by atoms with Gasteiger partial charge >= 0.3 is 11.9 Å². The van der Waals surface area contributed by atoms with E-state index in [-0.39, 0.29) is 23.7 Å². The molecule has 3 atom stereocenters. The summed E-state index contributed by atoms with van der Waals surface area (Å²) < 4.78 is 45.6. The van der Waals surface area contributed by atoms with Gasteiger partial charge in [-0.3, -0.25) is 0 Å². The fourth-order valence-corrected chi connectivity index (χ4v) is 5.32. The number of fused-ring (bicyclic) bond motifs is 2. The van der Waals surface area contributed by atoms with Gasteiger partial charge in [-0.2, -0.15) is 0 Å². The van der Waals surface area contributed by atoms with Crippen molar-refractivity contribution in [3.8, 4) is 0 Å². The van der Waals surface area contributed by atoms with Crippen LogP contribution in [0.2, 0.25) is 0 Å². The van der Waals surface area contributed by atoms with Gasteiger partial charge in [-0.1, -0.05) is 24.3 Å². The first-order chi connectivity index (χ1) is 18.7. The topological polar surface area (TPSA) is 119 Å². The minimum Gasteiger partial charge on any atom is -0.545 e. The molecular weight excluding hydrogens is 527 g/mol. The fourth-order valence-electron chi connectivity index (χ4n) is 5.32. The largest absolute Gasteiger partial charge is 0.545 e. The minimum atomic E-state index is -1.51. The average molecular weight is 558 g/mol. The first-order valence-corrected chi connectivity index (χ1v) is 12.5. The van der Waals surface area contributed by atoms with Crippen molar-refractivity contribution in [1.82, 2.24) is 0 Å². The number of nitrogens with one attached hydrogen (secondary N) is 1. The van der Waals surface area contributed by atoms with E-state index in [1.54, 1.807) is 0 Å². The zero-order chi connectivity index (χ0) is 29.8. The number of benzene rings is 2. The highest BCUT2D eigenvalue weighted by Crippen LogP contribution is 2.44. The van der Waals surface area contributed by atoms with Crippen LogP contribution in [0.1, 0.15) is 55.5 Å². The Balaban J connectivity index is 0.000000482. The van der Waals surface area contributed by atoms with E-state index in [0.29, 0.717) is 18.6 Å². The van der Waals surface area contributed by atoms with Crippen LogP contribution < -0.4 is 10.0 Å². The number of rotatable bonds is 7. The lowest BCUT2D eigenvalue weighted by Gasteiger charge is -2.41. The SMILES string of the molecule is C[C@@H]1CC2=C(Cc3ccccc32)[C@@H](c2c(F)cc(/C=C/C(=O)O)cc2F)[NH+]1CC(C)(C)F.O=C([O-])/C=C\C(=O)O. The minimum absolute atomic E-state index is 0.0367. The number of carbonyl (C=O) groups excluding carboxylic acids is 1. The van der Waals surface area contributed by atoms with E-state index >= 15 is 8.78 Å². The molecule has 0 saturated carbocycles. The lowest BCUT2D eigenvalue weighted by Crippen LogP contribution is -3.17. The normalized spacial score (nSPS) is 20.2. The smallest absolute Gasteiger partial charge is 0.328 e. The van der Waals surface area contributed by atoms with Gasteiger partial charge in [0.25, 0.3) is 0 Å². The predicted octanol–water partition coefficient (Wildman–Crippen LogP) is 2.92. The van der Waals surface area contributed by atoms with E-state index in [9.17, 15) is 23.9 Å². The molecule has 40 heavy (non-hydrogen) atoms. The maximum atomic E-state index is 15.4. The van der Waals surface area contributed by atoms with E-state index in [0.717, 1.165) is 57.9 Å². The van der Waals surface area contributed by atoms with E-state index in [1.807, 2.05) is 31.2 Å². The Hall–Kier alpha value is -4.18. The summed E-state index contributed by atoms with van der Waals surface area (Å²) in [6, 6.07) is 9.59. The van der Waals surface area contributed by atoms with Crippen LogP contribution in [0.4, 0.5) is 13.2 Å². The number of carboxylic acids is 3. The predicted molar refractivity (Wildman–Crippen MR) is 140 cm³/mol. The van der Waals surface area contributed by atoms with Gasteiger partial charge in [0.15, 0.2) is 5.67 Å². The Labute approximate surface area is 229 Å². The van der Waals surface area contributed by atoms with Crippen LogP contribution in [-0.2, 0) is 20.8 Å². The third-order valence-electron chi connectivity index (χ3n) is 6.77. The van der Waals surface area contributed by atoms with Crippen LogP contribution in [0.3, 0.4) is 0 Å². The zero-order valence-electron chi connectivity index (χ0n) is 22.2. The summed E-state index contributed by atoms with van der Waals surface area (Å²) in [6.07, 6.45) is 4.24. The second kappa shape index (κ2) is 12.3. The van der Waals surface area contributed by atoms with Gasteiger partial charge in [0.2, 0.25) is 0 Å². The summed E-state index contributed by atoms with van der Waals surface area (Å²) in [7, 11) is 0. The molecule has 0 spiro atoms. The molecular formula is C30H30F3NO6. The van der Waals surface area contributed by atoms with Crippen LogP contribution >= 0.6 is 0 Å². The molecule has 0 amide bonds. The Morgan fingerprint density at radius 3 is 2.17 bits per heavy atom. The highest BCUT2D eigenvalue weighted by Gasteiger charge is 2.46. The van der Waals surface area contributed by atoms with E-state index in [2.05, 4.69) is 0 Å². The number of quaternary nitrogens is 1.